The number of hydrogen-bond donors (Lipinski definition) is 1. The largest absolute Gasteiger partial charge is 0.497 e. The molecule has 5 rings (SSSR count). The van der Waals surface area contributed by atoms with Gasteiger partial charge in [0.05, 0.1) is 26.9 Å². The Hall–Kier alpha value is -4.29. The van der Waals surface area contributed by atoms with Crippen LogP contribution >= 0.6 is 0 Å². The molecule has 0 saturated carbocycles. The lowest BCUT2D eigenvalue weighted by molar-refractivity contribution is -0.165. The highest BCUT2D eigenvalue weighted by atomic mass is 28.2. The fourth-order valence-electron chi connectivity index (χ4n) is 5.98. The standard InChI is InChI=1S/C38H46N2O8Si/c1-25(2)36(4,5)49-48-32-21-33(40-22-26(3)34(42)39-35(40)43)47-37(32,23-41)24-46-38(27-11-9-8-10-12-27,28-13-17-30(44-6)18-14-28)29-15-19-31(45-7)20-16-29/h8-20,22-23,25,32-33H,21,24,49H2,1-7H3,(H,39,42,43)/t32?,33-,37-/m1/s1. The van der Waals surface area contributed by atoms with Gasteiger partial charge >= 0.3 is 5.69 Å². The second-order valence-electron chi connectivity index (χ2n) is 13.6. The summed E-state index contributed by atoms with van der Waals surface area (Å²) in [4.78, 5) is 41.0. The van der Waals surface area contributed by atoms with Gasteiger partial charge in [-0.25, -0.2) is 4.79 Å². The smallest absolute Gasteiger partial charge is 0.330 e. The summed E-state index contributed by atoms with van der Waals surface area (Å²) in [5.41, 5.74) is -1.17. The summed E-state index contributed by atoms with van der Waals surface area (Å²) < 4.78 is 32.7. The number of H-pyrrole nitrogens is 1. The summed E-state index contributed by atoms with van der Waals surface area (Å²) in [7, 11) is 2.00. The van der Waals surface area contributed by atoms with Crippen molar-refractivity contribution in [1.82, 2.24) is 9.55 Å². The van der Waals surface area contributed by atoms with Crippen LogP contribution in [0.2, 0.25) is 5.04 Å². The van der Waals surface area contributed by atoms with Crippen LogP contribution < -0.4 is 20.7 Å². The van der Waals surface area contributed by atoms with Crippen molar-refractivity contribution in [2.24, 2.45) is 5.92 Å². The molecule has 0 aliphatic carbocycles. The summed E-state index contributed by atoms with van der Waals surface area (Å²) in [5.74, 6) is 1.71. The lowest BCUT2D eigenvalue weighted by Crippen LogP contribution is -2.50. The van der Waals surface area contributed by atoms with Gasteiger partial charge < -0.3 is 23.4 Å². The molecule has 1 N–H and O–H groups in total. The zero-order chi connectivity index (χ0) is 35.4. The molecule has 11 heteroatoms. The first-order valence-electron chi connectivity index (χ1n) is 16.5. The Morgan fingerprint density at radius 3 is 2.00 bits per heavy atom. The molecule has 1 aliphatic rings. The lowest BCUT2D eigenvalue weighted by atomic mass is 9.79. The number of aromatic nitrogens is 2. The van der Waals surface area contributed by atoms with E-state index >= 15 is 0 Å². The average Bonchev–Trinajstić information content (AvgIpc) is 3.48. The van der Waals surface area contributed by atoms with E-state index in [9.17, 15) is 14.4 Å². The van der Waals surface area contributed by atoms with Crippen molar-refractivity contribution in [3.05, 3.63) is 128 Å². The zero-order valence-corrected chi connectivity index (χ0v) is 30.6. The monoisotopic (exact) mass is 686 g/mol. The van der Waals surface area contributed by atoms with E-state index in [1.54, 1.807) is 21.1 Å². The number of hydrogen-bond acceptors (Lipinski definition) is 8. The number of aldehydes is 1. The van der Waals surface area contributed by atoms with Gasteiger partial charge in [-0.3, -0.25) is 19.1 Å². The summed E-state index contributed by atoms with van der Waals surface area (Å²) >= 11 is 0. The van der Waals surface area contributed by atoms with Gasteiger partial charge in [0.2, 0.25) is 0 Å². The van der Waals surface area contributed by atoms with Crippen LogP contribution in [0.1, 0.15) is 62.6 Å². The highest BCUT2D eigenvalue weighted by molar-refractivity contribution is 6.32. The molecule has 4 aromatic rings. The van der Waals surface area contributed by atoms with Crippen molar-refractivity contribution in [3.8, 4) is 11.5 Å². The Morgan fingerprint density at radius 1 is 0.939 bits per heavy atom. The Balaban J connectivity index is 1.64. The van der Waals surface area contributed by atoms with Crippen LogP contribution in [0.15, 0.2) is 94.6 Å². The third-order valence-electron chi connectivity index (χ3n) is 9.88. The fraction of sp³-hybridized carbons (Fsp3) is 0.395. The summed E-state index contributed by atoms with van der Waals surface area (Å²) in [6.07, 6.45) is 0.807. The fourth-order valence-corrected chi connectivity index (χ4v) is 7.36. The molecule has 1 aliphatic heterocycles. The minimum atomic E-state index is -1.59. The van der Waals surface area contributed by atoms with Crippen LogP contribution in [0.3, 0.4) is 0 Å². The van der Waals surface area contributed by atoms with Crippen LogP contribution in [0.5, 0.6) is 11.5 Å². The first kappa shape index (κ1) is 36.0. The maximum Gasteiger partial charge on any atom is 0.330 e. The number of aryl methyl sites for hydroxylation is 1. The number of aromatic amines is 1. The Kier molecular flexibility index (Phi) is 10.8. The molecule has 1 unspecified atom stereocenters. The van der Waals surface area contributed by atoms with Crippen molar-refractivity contribution in [3.63, 3.8) is 0 Å². The number of nitrogens with one attached hydrogen (secondary N) is 1. The minimum absolute atomic E-state index is 0.0844. The second kappa shape index (κ2) is 14.7. The summed E-state index contributed by atoms with van der Waals surface area (Å²) in [6.45, 7) is 10.0. The molecule has 1 saturated heterocycles. The number of ether oxygens (including phenoxy) is 4. The quantitative estimate of drug-likeness (QED) is 0.111. The maximum atomic E-state index is 13.4. The maximum absolute atomic E-state index is 13.4. The number of nitrogens with zero attached hydrogens (tertiary/aromatic N) is 1. The van der Waals surface area contributed by atoms with Gasteiger partial charge in [0, 0.05) is 18.2 Å². The highest BCUT2D eigenvalue weighted by Gasteiger charge is 2.53. The van der Waals surface area contributed by atoms with Gasteiger partial charge in [-0.15, -0.1) is 0 Å². The van der Waals surface area contributed by atoms with E-state index in [4.69, 9.17) is 23.4 Å². The molecule has 3 aromatic carbocycles. The van der Waals surface area contributed by atoms with E-state index in [0.29, 0.717) is 23.0 Å². The molecule has 1 fully saturated rings. The van der Waals surface area contributed by atoms with Gasteiger partial charge in [-0.1, -0.05) is 82.3 Å². The number of carbonyl (C=O) groups is 1. The third-order valence-corrected chi connectivity index (χ3v) is 12.0. The van der Waals surface area contributed by atoms with E-state index in [-0.39, 0.29) is 18.1 Å². The highest BCUT2D eigenvalue weighted by Crippen LogP contribution is 2.45. The van der Waals surface area contributed by atoms with Crippen molar-refractivity contribution >= 4 is 16.0 Å². The predicted octanol–water partition coefficient (Wildman–Crippen LogP) is 5.05. The van der Waals surface area contributed by atoms with Crippen molar-refractivity contribution in [1.29, 1.82) is 0 Å². The number of methoxy groups -OCH3 is 2. The zero-order valence-electron chi connectivity index (χ0n) is 29.2. The normalized spacial score (nSPS) is 19.8. The molecule has 49 heavy (non-hydrogen) atoms. The second-order valence-corrected chi connectivity index (χ2v) is 16.0. The molecule has 10 nitrogen and oxygen atoms in total. The van der Waals surface area contributed by atoms with Crippen molar-refractivity contribution < 1.29 is 28.2 Å². The van der Waals surface area contributed by atoms with E-state index in [1.165, 1.54) is 10.8 Å². The number of carbonyl (C=O) groups excluding carboxylic acids is 1. The van der Waals surface area contributed by atoms with Gasteiger partial charge in [0.1, 0.15) is 23.3 Å². The topological polar surface area (TPSA) is 118 Å². The van der Waals surface area contributed by atoms with Crippen LogP contribution in [0, 0.1) is 12.8 Å². The van der Waals surface area contributed by atoms with Crippen LogP contribution in [-0.2, 0) is 24.3 Å². The third kappa shape index (κ3) is 7.21. The lowest BCUT2D eigenvalue weighted by Gasteiger charge is -2.40. The number of rotatable bonds is 14. The van der Waals surface area contributed by atoms with Gasteiger partial charge in [-0.2, -0.15) is 0 Å². The van der Waals surface area contributed by atoms with Gasteiger partial charge in [0.15, 0.2) is 21.7 Å². The molecule has 1 aromatic heterocycles. The predicted molar refractivity (Wildman–Crippen MR) is 190 cm³/mol. The Morgan fingerprint density at radius 2 is 1.49 bits per heavy atom. The SMILES string of the molecule is COc1ccc(C(OC[C@@]2(C=O)O[C@@H](n3cc(C)c(=O)[nH]c3=O)CC2O[SiH2]C(C)(C)C(C)C)(c2ccccc2)c2ccc(OC)cc2)cc1. The van der Waals surface area contributed by atoms with E-state index in [2.05, 4.69) is 32.7 Å². The molecule has 3 atom stereocenters. The van der Waals surface area contributed by atoms with E-state index in [0.717, 1.165) is 23.0 Å². The molecule has 260 valence electrons. The van der Waals surface area contributed by atoms with Gasteiger partial charge in [-0.05, 0) is 58.8 Å². The van der Waals surface area contributed by atoms with E-state index < -0.39 is 44.5 Å². The molecule has 0 radical (unpaired) electrons. The van der Waals surface area contributed by atoms with Gasteiger partial charge in [0.25, 0.3) is 5.56 Å². The van der Waals surface area contributed by atoms with Crippen LogP contribution in [-0.4, -0.2) is 58.1 Å². The average molecular weight is 687 g/mol. The molecular formula is C38H46N2O8Si. The first-order valence-corrected chi connectivity index (χ1v) is 17.7. The first-order chi connectivity index (χ1) is 23.4. The van der Waals surface area contributed by atoms with Crippen molar-refractivity contribution in [2.45, 2.75) is 69.6 Å². The Bertz CT molecular complexity index is 1790. The molecule has 0 bridgehead atoms. The van der Waals surface area contributed by atoms with Crippen molar-refractivity contribution in [2.75, 3.05) is 20.8 Å². The molecular weight excluding hydrogens is 641 g/mol. The molecule has 0 spiro atoms. The molecule has 0 amide bonds. The summed E-state index contributed by atoms with van der Waals surface area (Å²) in [5, 5.41) is -0.0844. The van der Waals surface area contributed by atoms with Crippen LogP contribution in [0.25, 0.3) is 0 Å². The van der Waals surface area contributed by atoms with E-state index in [1.807, 2.05) is 78.9 Å². The minimum Gasteiger partial charge on any atom is -0.497 e. The van der Waals surface area contributed by atoms with Crippen LogP contribution in [0.4, 0.5) is 0 Å². The summed E-state index contributed by atoms with van der Waals surface area (Å²) in [6, 6.07) is 25.0. The Labute approximate surface area is 289 Å². The number of benzene rings is 3. The molecule has 2 heterocycles.